The van der Waals surface area contributed by atoms with Crippen molar-refractivity contribution in [1.82, 2.24) is 4.98 Å². The van der Waals surface area contributed by atoms with E-state index < -0.39 is 21.7 Å². The second-order valence-corrected chi connectivity index (χ2v) is 9.79. The van der Waals surface area contributed by atoms with E-state index in [0.717, 1.165) is 32.4 Å². The molecule has 1 aromatic heterocycles. The third-order valence-corrected chi connectivity index (χ3v) is 7.25. The highest BCUT2D eigenvalue weighted by Crippen LogP contribution is 2.29. The molecule has 1 aliphatic heterocycles. The van der Waals surface area contributed by atoms with Crippen LogP contribution in [0.2, 0.25) is 0 Å². The summed E-state index contributed by atoms with van der Waals surface area (Å²) in [6.45, 7) is -0.0997. The molecule has 3 aromatic carbocycles. The first-order valence-electron chi connectivity index (χ1n) is 10.6. The van der Waals surface area contributed by atoms with Gasteiger partial charge in [-0.1, -0.05) is 36.4 Å². The highest BCUT2D eigenvalue weighted by atomic mass is 32.2. The molecule has 0 bridgehead atoms. The van der Waals surface area contributed by atoms with Crippen molar-refractivity contribution in [3.8, 4) is 11.3 Å². The van der Waals surface area contributed by atoms with Crippen LogP contribution in [-0.4, -0.2) is 38.4 Å². The molecule has 0 saturated carbocycles. The van der Waals surface area contributed by atoms with Crippen LogP contribution >= 0.6 is 0 Å². The number of nitrogens with one attached hydrogen (secondary N) is 1. The van der Waals surface area contributed by atoms with Crippen molar-refractivity contribution >= 4 is 38.1 Å². The van der Waals surface area contributed by atoms with Crippen LogP contribution in [0.4, 0.5) is 15.8 Å². The number of halogens is 1. The van der Waals surface area contributed by atoms with Gasteiger partial charge in [0, 0.05) is 22.8 Å². The molecule has 1 aliphatic rings. The van der Waals surface area contributed by atoms with Crippen LogP contribution < -0.4 is 9.62 Å². The quantitative estimate of drug-likeness (QED) is 0.470. The fraction of sp³-hybridized carbons (Fsp3) is 0.120. The Bertz CT molecular complexity index is 1500. The van der Waals surface area contributed by atoms with Crippen LogP contribution in [-0.2, 0) is 14.8 Å². The highest BCUT2D eigenvalue weighted by molar-refractivity contribution is 7.92. The Labute approximate surface area is 195 Å². The van der Waals surface area contributed by atoms with E-state index in [-0.39, 0.29) is 30.3 Å². The van der Waals surface area contributed by atoms with Crippen molar-refractivity contribution < 1.29 is 22.3 Å². The Balaban J connectivity index is 1.40. The lowest BCUT2D eigenvalue weighted by Crippen LogP contribution is -2.41. The molecule has 9 heteroatoms. The maximum atomic E-state index is 14.8. The second kappa shape index (κ2) is 8.85. The fourth-order valence-corrected chi connectivity index (χ4v) is 5.09. The molecule has 0 aliphatic carbocycles. The first kappa shape index (κ1) is 22.0. The molecule has 7 nitrogen and oxygen atoms in total. The number of fused-ring (bicyclic) bond motifs is 1. The number of pyridine rings is 1. The number of carbonyl (C=O) groups excluding carboxylic acids is 1. The summed E-state index contributed by atoms with van der Waals surface area (Å²) in [7, 11) is -3.59. The van der Waals surface area contributed by atoms with Gasteiger partial charge in [0.05, 0.1) is 29.3 Å². The molecule has 1 saturated heterocycles. The molecule has 34 heavy (non-hydrogen) atoms. The number of amides is 1. The summed E-state index contributed by atoms with van der Waals surface area (Å²) in [4.78, 5) is 17.3. The average Bonchev–Trinajstić information content (AvgIpc) is 2.83. The van der Waals surface area contributed by atoms with E-state index in [1.54, 1.807) is 24.4 Å². The number of sulfonamides is 1. The van der Waals surface area contributed by atoms with Gasteiger partial charge in [0.15, 0.2) is 0 Å². The largest absolute Gasteiger partial charge is 0.359 e. The van der Waals surface area contributed by atoms with Crippen LogP contribution in [0.5, 0.6) is 0 Å². The first-order chi connectivity index (χ1) is 16.4. The summed E-state index contributed by atoms with van der Waals surface area (Å²) in [5.41, 5.74) is 1.97. The van der Waals surface area contributed by atoms with Gasteiger partial charge < -0.3 is 10.1 Å². The number of nitrogens with zero attached hydrogens (tertiary/aromatic N) is 2. The average molecular weight is 478 g/mol. The van der Waals surface area contributed by atoms with Gasteiger partial charge in [-0.15, -0.1) is 0 Å². The number of anilines is 2. The van der Waals surface area contributed by atoms with E-state index in [9.17, 15) is 17.6 Å². The summed E-state index contributed by atoms with van der Waals surface area (Å²) in [5, 5.41) is 4.73. The summed E-state index contributed by atoms with van der Waals surface area (Å²) in [5.74, 6) is -1.66. The molecule has 1 fully saturated rings. The zero-order valence-corrected chi connectivity index (χ0v) is 18.8. The lowest BCUT2D eigenvalue weighted by atomic mass is 10.0. The van der Waals surface area contributed by atoms with Crippen molar-refractivity contribution in [2.45, 2.75) is 0 Å². The Morgan fingerprint density at radius 3 is 2.71 bits per heavy atom. The van der Waals surface area contributed by atoms with Gasteiger partial charge in [0.1, 0.15) is 12.5 Å². The molecule has 1 amide bonds. The number of rotatable bonds is 4. The first-order valence-corrected chi connectivity index (χ1v) is 12.2. The SMILES string of the molecule is O=C(Nc1cccc(-c2nccc3ccccc23)c1)c1ccc(N2COCCS2(=O)=O)cc1F. The normalized spacial score (nSPS) is 15.3. The van der Waals surface area contributed by atoms with Crippen LogP contribution in [0.3, 0.4) is 0 Å². The lowest BCUT2D eigenvalue weighted by Gasteiger charge is -2.28. The van der Waals surface area contributed by atoms with Gasteiger partial charge in [0.25, 0.3) is 5.91 Å². The van der Waals surface area contributed by atoms with Gasteiger partial charge in [0.2, 0.25) is 10.0 Å². The maximum Gasteiger partial charge on any atom is 0.258 e. The van der Waals surface area contributed by atoms with Crippen molar-refractivity contribution in [2.24, 2.45) is 0 Å². The minimum atomic E-state index is -3.59. The van der Waals surface area contributed by atoms with E-state index in [2.05, 4.69) is 10.3 Å². The smallest absolute Gasteiger partial charge is 0.258 e. The van der Waals surface area contributed by atoms with E-state index in [1.165, 1.54) is 12.1 Å². The molecular weight excluding hydrogens is 457 g/mol. The Morgan fingerprint density at radius 1 is 1.03 bits per heavy atom. The number of carbonyl (C=O) groups is 1. The van der Waals surface area contributed by atoms with Crippen molar-refractivity contribution in [1.29, 1.82) is 0 Å². The van der Waals surface area contributed by atoms with E-state index >= 15 is 0 Å². The van der Waals surface area contributed by atoms with Gasteiger partial charge in [-0.25, -0.2) is 17.1 Å². The highest BCUT2D eigenvalue weighted by Gasteiger charge is 2.27. The molecule has 172 valence electrons. The number of hydrogen-bond acceptors (Lipinski definition) is 5. The zero-order chi connectivity index (χ0) is 23.7. The minimum Gasteiger partial charge on any atom is -0.359 e. The van der Waals surface area contributed by atoms with Gasteiger partial charge >= 0.3 is 0 Å². The fourth-order valence-electron chi connectivity index (χ4n) is 3.87. The number of aromatic nitrogens is 1. The standard InChI is InChI=1S/C25H20FN3O4S/c26-23-15-20(29-16-33-12-13-34(29,31)32)8-9-22(23)25(30)28-19-6-3-5-18(14-19)24-21-7-2-1-4-17(21)10-11-27-24/h1-11,14-15H,12-13,16H2,(H,28,30). The molecule has 2 heterocycles. The molecule has 4 aromatic rings. The van der Waals surface area contributed by atoms with Gasteiger partial charge in [-0.3, -0.25) is 9.78 Å². The van der Waals surface area contributed by atoms with E-state index in [1.807, 2.05) is 36.4 Å². The molecular formula is C25H20FN3O4S. The third-order valence-electron chi connectivity index (χ3n) is 5.58. The Kier molecular flexibility index (Phi) is 5.72. The zero-order valence-electron chi connectivity index (χ0n) is 17.9. The number of benzene rings is 3. The van der Waals surface area contributed by atoms with Crippen molar-refractivity contribution in [3.63, 3.8) is 0 Å². The summed E-state index contributed by atoms with van der Waals surface area (Å²) in [6.07, 6.45) is 1.73. The minimum absolute atomic E-state index is 0.0924. The number of ether oxygens (including phenoxy) is 1. The molecule has 0 unspecified atom stereocenters. The van der Waals surface area contributed by atoms with Crippen molar-refractivity contribution in [3.05, 3.63) is 90.4 Å². The molecule has 0 atom stereocenters. The summed E-state index contributed by atoms with van der Waals surface area (Å²) >= 11 is 0. The molecule has 5 rings (SSSR count). The second-order valence-electron chi connectivity index (χ2n) is 7.78. The van der Waals surface area contributed by atoms with Gasteiger partial charge in [-0.05, 0) is 41.8 Å². The third kappa shape index (κ3) is 4.23. The Hall–Kier alpha value is -3.82. The monoisotopic (exact) mass is 477 g/mol. The molecule has 1 N–H and O–H groups in total. The van der Waals surface area contributed by atoms with Crippen LogP contribution in [0, 0.1) is 5.82 Å². The maximum absolute atomic E-state index is 14.8. The molecule has 0 spiro atoms. The predicted octanol–water partition coefficient (Wildman–Crippen LogP) is 4.42. The summed E-state index contributed by atoms with van der Waals surface area (Å²) in [6, 6.07) is 20.6. The van der Waals surface area contributed by atoms with E-state index in [0.29, 0.717) is 5.69 Å². The van der Waals surface area contributed by atoms with Crippen LogP contribution in [0.25, 0.3) is 22.0 Å². The van der Waals surface area contributed by atoms with Crippen molar-refractivity contribution in [2.75, 3.05) is 28.7 Å². The molecule has 0 radical (unpaired) electrons. The lowest BCUT2D eigenvalue weighted by molar-refractivity contribution is 0.102. The predicted molar refractivity (Wildman–Crippen MR) is 129 cm³/mol. The van der Waals surface area contributed by atoms with Crippen LogP contribution in [0.1, 0.15) is 10.4 Å². The number of hydrogen-bond donors (Lipinski definition) is 1. The Morgan fingerprint density at radius 2 is 1.88 bits per heavy atom. The van der Waals surface area contributed by atoms with Crippen LogP contribution in [0.15, 0.2) is 79.0 Å². The topological polar surface area (TPSA) is 88.6 Å². The summed E-state index contributed by atoms with van der Waals surface area (Å²) < 4.78 is 45.4. The van der Waals surface area contributed by atoms with E-state index in [4.69, 9.17) is 4.74 Å². The van der Waals surface area contributed by atoms with Gasteiger partial charge in [-0.2, -0.15) is 0 Å².